The number of amides is 2. The van der Waals surface area contributed by atoms with Crippen LogP contribution in [-0.2, 0) is 4.79 Å². The van der Waals surface area contributed by atoms with E-state index in [4.69, 9.17) is 0 Å². The summed E-state index contributed by atoms with van der Waals surface area (Å²) in [6.07, 6.45) is 4.80. The van der Waals surface area contributed by atoms with Gasteiger partial charge in [-0.2, -0.15) is 4.39 Å². The van der Waals surface area contributed by atoms with Crippen LogP contribution >= 0.6 is 0 Å². The fourth-order valence-corrected chi connectivity index (χ4v) is 2.61. The van der Waals surface area contributed by atoms with Gasteiger partial charge in [0.25, 0.3) is 5.91 Å². The lowest BCUT2D eigenvalue weighted by molar-refractivity contribution is -0.133. The average Bonchev–Trinajstić information content (AvgIpc) is 3.32. The minimum Gasteiger partial charge on any atom is -0.349 e. The molecule has 1 aliphatic heterocycles. The number of piperidine rings is 1. The number of hydrogen-bond acceptors (Lipinski definition) is 3. The maximum Gasteiger partial charge on any atom is 0.253 e. The van der Waals surface area contributed by atoms with Crippen molar-refractivity contribution in [3.8, 4) is 0 Å². The predicted octanol–water partition coefficient (Wildman–Crippen LogP) is 1.35. The highest BCUT2D eigenvalue weighted by molar-refractivity contribution is 5.94. The van der Waals surface area contributed by atoms with Gasteiger partial charge in [0.2, 0.25) is 11.9 Å². The van der Waals surface area contributed by atoms with Crippen LogP contribution < -0.4 is 5.32 Å². The van der Waals surface area contributed by atoms with Crippen molar-refractivity contribution < 1.29 is 14.0 Å². The first kappa shape index (κ1) is 14.0. The van der Waals surface area contributed by atoms with Crippen molar-refractivity contribution in [1.29, 1.82) is 0 Å². The molecular formula is C15H18FN3O2. The molecule has 2 aliphatic rings. The zero-order chi connectivity index (χ0) is 14.8. The van der Waals surface area contributed by atoms with E-state index in [1.165, 1.54) is 18.3 Å². The van der Waals surface area contributed by atoms with E-state index < -0.39 is 5.95 Å². The van der Waals surface area contributed by atoms with Gasteiger partial charge in [0, 0.05) is 31.2 Å². The number of carbonyl (C=O) groups is 2. The summed E-state index contributed by atoms with van der Waals surface area (Å²) < 4.78 is 12.7. The molecule has 1 saturated heterocycles. The molecule has 3 rings (SSSR count). The monoisotopic (exact) mass is 291 g/mol. The Hall–Kier alpha value is -1.98. The Balaban J connectivity index is 1.49. The van der Waals surface area contributed by atoms with Crippen molar-refractivity contribution in [1.82, 2.24) is 15.2 Å². The molecule has 1 N–H and O–H groups in total. The van der Waals surface area contributed by atoms with Crippen LogP contribution in [0, 0.1) is 11.9 Å². The van der Waals surface area contributed by atoms with Gasteiger partial charge in [-0.1, -0.05) is 0 Å². The van der Waals surface area contributed by atoms with Gasteiger partial charge in [-0.05, 0) is 37.8 Å². The molecule has 21 heavy (non-hydrogen) atoms. The molecule has 0 spiro atoms. The molecule has 1 aliphatic carbocycles. The molecule has 0 bridgehead atoms. The van der Waals surface area contributed by atoms with E-state index in [1.54, 1.807) is 0 Å². The Morgan fingerprint density at radius 3 is 2.48 bits per heavy atom. The second-order valence-corrected chi connectivity index (χ2v) is 5.72. The largest absolute Gasteiger partial charge is 0.349 e. The van der Waals surface area contributed by atoms with Crippen molar-refractivity contribution in [2.45, 2.75) is 31.7 Å². The molecule has 0 aromatic carbocycles. The van der Waals surface area contributed by atoms with Gasteiger partial charge < -0.3 is 10.2 Å². The fraction of sp³-hybridized carbons (Fsp3) is 0.533. The molecule has 112 valence electrons. The lowest BCUT2D eigenvalue weighted by Crippen LogP contribution is -2.47. The number of likely N-dealkylation sites (tertiary alicyclic amines) is 1. The standard InChI is InChI=1S/C15H18FN3O2/c16-13-4-3-11(9-17-13)14(20)18-12-5-7-19(8-6-12)15(21)10-1-2-10/h3-4,9-10,12H,1-2,5-8H2,(H,18,20). The molecule has 0 radical (unpaired) electrons. The van der Waals surface area contributed by atoms with E-state index in [9.17, 15) is 14.0 Å². The van der Waals surface area contributed by atoms with E-state index >= 15 is 0 Å². The number of halogens is 1. The van der Waals surface area contributed by atoms with Crippen LogP contribution in [0.2, 0.25) is 0 Å². The van der Waals surface area contributed by atoms with Gasteiger partial charge >= 0.3 is 0 Å². The third kappa shape index (κ3) is 3.37. The van der Waals surface area contributed by atoms with Crippen molar-refractivity contribution in [2.24, 2.45) is 5.92 Å². The van der Waals surface area contributed by atoms with Gasteiger partial charge in [0.15, 0.2) is 0 Å². The van der Waals surface area contributed by atoms with Crippen LogP contribution in [0.4, 0.5) is 4.39 Å². The number of rotatable bonds is 3. The van der Waals surface area contributed by atoms with E-state index in [0.717, 1.165) is 25.7 Å². The van der Waals surface area contributed by atoms with Crippen LogP contribution in [0.5, 0.6) is 0 Å². The topological polar surface area (TPSA) is 62.3 Å². The summed E-state index contributed by atoms with van der Waals surface area (Å²) in [5, 5.41) is 2.92. The minimum absolute atomic E-state index is 0.0609. The zero-order valence-electron chi connectivity index (χ0n) is 11.7. The third-order valence-electron chi connectivity index (χ3n) is 4.06. The summed E-state index contributed by atoms with van der Waals surface area (Å²) in [4.78, 5) is 29.3. The number of carbonyl (C=O) groups excluding carboxylic acids is 2. The Kier molecular flexibility index (Phi) is 3.86. The second-order valence-electron chi connectivity index (χ2n) is 5.72. The molecule has 2 heterocycles. The predicted molar refractivity (Wildman–Crippen MR) is 74.0 cm³/mol. The van der Waals surface area contributed by atoms with Gasteiger partial charge in [0.05, 0.1) is 5.56 Å². The second kappa shape index (κ2) is 5.79. The Labute approximate surface area is 122 Å². The van der Waals surface area contributed by atoms with E-state index in [-0.39, 0.29) is 23.8 Å². The van der Waals surface area contributed by atoms with Crippen LogP contribution in [0.3, 0.4) is 0 Å². The number of nitrogens with one attached hydrogen (secondary N) is 1. The van der Waals surface area contributed by atoms with Crippen molar-refractivity contribution in [2.75, 3.05) is 13.1 Å². The molecule has 1 aromatic heterocycles. The van der Waals surface area contributed by atoms with Gasteiger partial charge in [-0.3, -0.25) is 9.59 Å². The van der Waals surface area contributed by atoms with Crippen molar-refractivity contribution in [3.63, 3.8) is 0 Å². The smallest absolute Gasteiger partial charge is 0.253 e. The van der Waals surface area contributed by atoms with E-state index in [1.807, 2.05) is 4.90 Å². The van der Waals surface area contributed by atoms with E-state index in [0.29, 0.717) is 18.7 Å². The third-order valence-corrected chi connectivity index (χ3v) is 4.06. The maximum absolute atomic E-state index is 12.7. The highest BCUT2D eigenvalue weighted by atomic mass is 19.1. The Morgan fingerprint density at radius 2 is 1.90 bits per heavy atom. The minimum atomic E-state index is -0.599. The first-order valence-corrected chi connectivity index (χ1v) is 7.34. The van der Waals surface area contributed by atoms with Crippen molar-refractivity contribution in [3.05, 3.63) is 29.8 Å². The number of pyridine rings is 1. The molecule has 2 fully saturated rings. The van der Waals surface area contributed by atoms with Gasteiger partial charge in [-0.15, -0.1) is 0 Å². The van der Waals surface area contributed by atoms with Crippen LogP contribution in [0.1, 0.15) is 36.0 Å². The first-order valence-electron chi connectivity index (χ1n) is 7.34. The molecular weight excluding hydrogens is 273 g/mol. The normalized spacial score (nSPS) is 19.4. The highest BCUT2D eigenvalue weighted by Crippen LogP contribution is 2.31. The Bertz CT molecular complexity index is 534. The highest BCUT2D eigenvalue weighted by Gasteiger charge is 2.35. The molecule has 5 nitrogen and oxygen atoms in total. The number of aromatic nitrogens is 1. The van der Waals surface area contributed by atoms with Crippen LogP contribution in [-0.4, -0.2) is 40.8 Å². The summed E-state index contributed by atoms with van der Waals surface area (Å²) in [6, 6.07) is 2.65. The van der Waals surface area contributed by atoms with Crippen molar-refractivity contribution >= 4 is 11.8 Å². The molecule has 6 heteroatoms. The SMILES string of the molecule is O=C(NC1CCN(C(=O)C2CC2)CC1)c1ccc(F)nc1. The number of hydrogen-bond donors (Lipinski definition) is 1. The van der Waals surface area contributed by atoms with Gasteiger partial charge in [-0.25, -0.2) is 4.98 Å². The molecule has 0 atom stereocenters. The molecule has 1 aromatic rings. The van der Waals surface area contributed by atoms with E-state index in [2.05, 4.69) is 10.3 Å². The molecule has 1 saturated carbocycles. The fourth-order valence-electron chi connectivity index (χ4n) is 2.61. The first-order chi connectivity index (χ1) is 10.1. The maximum atomic E-state index is 12.7. The van der Waals surface area contributed by atoms with Crippen LogP contribution in [0.15, 0.2) is 18.3 Å². The summed E-state index contributed by atoms with van der Waals surface area (Å²) in [5.41, 5.74) is 0.355. The summed E-state index contributed by atoms with van der Waals surface area (Å²) in [5.74, 6) is -0.322. The Morgan fingerprint density at radius 1 is 1.19 bits per heavy atom. The number of nitrogens with zero attached hydrogens (tertiary/aromatic N) is 2. The quantitative estimate of drug-likeness (QED) is 0.855. The zero-order valence-corrected chi connectivity index (χ0v) is 11.7. The summed E-state index contributed by atoms with van der Waals surface area (Å²) >= 11 is 0. The molecule has 2 amide bonds. The van der Waals surface area contributed by atoms with Crippen LogP contribution in [0.25, 0.3) is 0 Å². The molecule has 0 unspecified atom stereocenters. The summed E-state index contributed by atoms with van der Waals surface area (Å²) in [6.45, 7) is 1.39. The average molecular weight is 291 g/mol. The van der Waals surface area contributed by atoms with Gasteiger partial charge in [0.1, 0.15) is 0 Å². The lowest BCUT2D eigenvalue weighted by Gasteiger charge is -2.32. The summed E-state index contributed by atoms with van der Waals surface area (Å²) in [7, 11) is 0. The lowest BCUT2D eigenvalue weighted by atomic mass is 10.0.